The molecule has 0 unspecified atom stereocenters. The third-order valence-electron chi connectivity index (χ3n) is 2.37. The summed E-state index contributed by atoms with van der Waals surface area (Å²) in [6, 6.07) is 0. The van der Waals surface area contributed by atoms with Gasteiger partial charge in [-0.05, 0) is 52.7 Å². The summed E-state index contributed by atoms with van der Waals surface area (Å²) in [7, 11) is 1.36. The zero-order chi connectivity index (χ0) is 14.7. The van der Waals surface area contributed by atoms with Crippen LogP contribution >= 0.6 is 0 Å². The Bertz CT molecular complexity index is 263. The van der Waals surface area contributed by atoms with Crippen LogP contribution in [0.1, 0.15) is 53.9 Å². The van der Waals surface area contributed by atoms with Crippen LogP contribution < -0.4 is 0 Å². The van der Waals surface area contributed by atoms with Crippen molar-refractivity contribution in [3.05, 3.63) is 23.9 Å². The van der Waals surface area contributed by atoms with Crippen molar-refractivity contribution in [3.63, 3.8) is 0 Å². The van der Waals surface area contributed by atoms with Crippen LogP contribution in [0.4, 0.5) is 0 Å². The highest BCUT2D eigenvalue weighted by Gasteiger charge is 2.17. The highest BCUT2D eigenvalue weighted by molar-refractivity contribution is 6.50. The fraction of sp³-hybridized carbons (Fsp3) is 0.733. The molecular weight excluding hydrogens is 239 g/mol. The van der Waals surface area contributed by atoms with Gasteiger partial charge in [-0.2, -0.15) is 0 Å². The van der Waals surface area contributed by atoms with E-state index in [1.165, 1.54) is 12.8 Å². The first-order valence-corrected chi connectivity index (χ1v) is 7.22. The average molecular weight is 268 g/mol. The Morgan fingerprint density at radius 3 is 2.11 bits per heavy atom. The molecule has 0 amide bonds. The van der Waals surface area contributed by atoms with Gasteiger partial charge in [-0.3, -0.25) is 0 Å². The number of methoxy groups -OCH3 is 1. The van der Waals surface area contributed by atoms with Gasteiger partial charge in [0.25, 0.3) is 0 Å². The fourth-order valence-corrected chi connectivity index (χ4v) is 1.50. The lowest BCUT2D eigenvalue weighted by molar-refractivity contribution is 0.138. The predicted octanol–water partition coefficient (Wildman–Crippen LogP) is 4.14. The summed E-state index contributed by atoms with van der Waals surface area (Å²) < 4.78 is 16.7. The highest BCUT2D eigenvalue weighted by atomic mass is 16.6. The monoisotopic (exact) mass is 268 g/mol. The summed E-state index contributed by atoms with van der Waals surface area (Å²) in [5.41, 5.74) is 0. The van der Waals surface area contributed by atoms with Crippen molar-refractivity contribution in [2.45, 2.75) is 66.1 Å². The van der Waals surface area contributed by atoms with Crippen molar-refractivity contribution in [1.29, 1.82) is 0 Å². The molecule has 3 nitrogen and oxygen atoms in total. The Kier molecular flexibility index (Phi) is 10.7. The lowest BCUT2D eigenvalue weighted by atomic mass is 9.88. The van der Waals surface area contributed by atoms with Crippen LogP contribution in [0.2, 0.25) is 0 Å². The van der Waals surface area contributed by atoms with E-state index in [1.807, 2.05) is 39.7 Å². The second-order valence-corrected chi connectivity index (χ2v) is 5.05. The summed E-state index contributed by atoms with van der Waals surface area (Å²) in [6.45, 7) is 10.2. The maximum atomic E-state index is 5.69. The topological polar surface area (TPSA) is 27.7 Å². The van der Waals surface area contributed by atoms with Gasteiger partial charge in [0.05, 0.1) is 7.11 Å². The van der Waals surface area contributed by atoms with Crippen LogP contribution in [-0.4, -0.2) is 26.4 Å². The zero-order valence-electron chi connectivity index (χ0n) is 13.3. The SMILES string of the molecule is CCCC/C=C(/C=C/B(OC(C)C)OC(C)C)OC. The van der Waals surface area contributed by atoms with Gasteiger partial charge in [-0.15, -0.1) is 0 Å². The first-order valence-electron chi connectivity index (χ1n) is 7.22. The molecule has 0 saturated heterocycles. The molecule has 0 atom stereocenters. The van der Waals surface area contributed by atoms with Gasteiger partial charge >= 0.3 is 7.12 Å². The Morgan fingerprint density at radius 2 is 1.68 bits per heavy atom. The van der Waals surface area contributed by atoms with Gasteiger partial charge in [0.15, 0.2) is 0 Å². The van der Waals surface area contributed by atoms with Gasteiger partial charge in [0, 0.05) is 12.2 Å². The molecular formula is C15H29BO3. The summed E-state index contributed by atoms with van der Waals surface area (Å²) in [4.78, 5) is 0. The standard InChI is InChI=1S/C15H29BO3/c1-7-8-9-10-15(17-6)11-12-16(18-13(2)3)19-14(4)5/h10-14H,7-9H2,1-6H3/b12-11+,15-10-. The fourth-order valence-electron chi connectivity index (χ4n) is 1.50. The number of allylic oxidation sites excluding steroid dienone is 2. The largest absolute Gasteiger partial charge is 0.497 e. The maximum Gasteiger partial charge on any atom is 0.486 e. The van der Waals surface area contributed by atoms with Crippen LogP contribution in [0.25, 0.3) is 0 Å². The predicted molar refractivity (Wildman–Crippen MR) is 82.0 cm³/mol. The van der Waals surface area contributed by atoms with Crippen molar-refractivity contribution in [3.8, 4) is 0 Å². The van der Waals surface area contributed by atoms with Crippen LogP contribution in [0.3, 0.4) is 0 Å². The van der Waals surface area contributed by atoms with Gasteiger partial charge in [0.1, 0.15) is 5.76 Å². The van der Waals surface area contributed by atoms with Gasteiger partial charge in [-0.25, -0.2) is 0 Å². The van der Waals surface area contributed by atoms with Crippen molar-refractivity contribution >= 4 is 7.12 Å². The van der Waals surface area contributed by atoms with E-state index in [0.717, 1.165) is 12.2 Å². The number of rotatable bonds is 10. The molecule has 0 aromatic heterocycles. The van der Waals surface area contributed by atoms with E-state index in [9.17, 15) is 0 Å². The molecule has 0 saturated carbocycles. The van der Waals surface area contributed by atoms with Crippen molar-refractivity contribution < 1.29 is 14.0 Å². The molecule has 0 fully saturated rings. The molecule has 110 valence electrons. The molecule has 0 aliphatic carbocycles. The first-order chi connectivity index (χ1) is 8.99. The number of hydrogen-bond donors (Lipinski definition) is 0. The summed E-state index contributed by atoms with van der Waals surface area (Å²) >= 11 is 0. The number of ether oxygens (including phenoxy) is 1. The number of unbranched alkanes of at least 4 members (excludes halogenated alkanes) is 2. The van der Waals surface area contributed by atoms with E-state index < -0.39 is 0 Å². The molecule has 0 radical (unpaired) electrons. The Hall–Kier alpha value is -0.735. The molecule has 0 N–H and O–H groups in total. The quantitative estimate of drug-likeness (QED) is 0.258. The summed E-state index contributed by atoms with van der Waals surface area (Å²) in [5.74, 6) is 2.76. The summed E-state index contributed by atoms with van der Waals surface area (Å²) in [5, 5.41) is 0. The average Bonchev–Trinajstić information content (AvgIpc) is 2.31. The molecule has 19 heavy (non-hydrogen) atoms. The molecule has 0 aromatic carbocycles. The van der Waals surface area contributed by atoms with E-state index in [0.29, 0.717) is 0 Å². The molecule has 0 heterocycles. The van der Waals surface area contributed by atoms with Crippen LogP contribution in [0.15, 0.2) is 23.9 Å². The van der Waals surface area contributed by atoms with Gasteiger partial charge in [-0.1, -0.05) is 19.3 Å². The third kappa shape index (κ3) is 10.8. The zero-order valence-corrected chi connectivity index (χ0v) is 13.3. The lowest BCUT2D eigenvalue weighted by Crippen LogP contribution is -2.27. The maximum absolute atomic E-state index is 5.69. The number of hydrogen-bond acceptors (Lipinski definition) is 3. The molecule has 0 spiro atoms. The molecule has 0 aromatic rings. The molecule has 0 bridgehead atoms. The van der Waals surface area contributed by atoms with Crippen LogP contribution in [-0.2, 0) is 14.0 Å². The van der Waals surface area contributed by atoms with Gasteiger partial charge in [0.2, 0.25) is 0 Å². The first kappa shape index (κ1) is 18.3. The minimum Gasteiger partial charge on any atom is -0.497 e. The Morgan fingerprint density at radius 1 is 1.11 bits per heavy atom. The normalized spacial score (nSPS) is 12.7. The second-order valence-electron chi connectivity index (χ2n) is 5.05. The smallest absolute Gasteiger partial charge is 0.486 e. The third-order valence-corrected chi connectivity index (χ3v) is 2.37. The Labute approximate surface area is 119 Å². The van der Waals surface area contributed by atoms with E-state index in [-0.39, 0.29) is 19.3 Å². The molecule has 4 heteroatoms. The lowest BCUT2D eigenvalue weighted by Gasteiger charge is -2.16. The summed E-state index contributed by atoms with van der Waals surface area (Å²) in [6.07, 6.45) is 7.67. The van der Waals surface area contributed by atoms with Gasteiger partial charge < -0.3 is 14.0 Å². The molecule has 0 aliphatic rings. The van der Waals surface area contributed by atoms with Crippen molar-refractivity contribution in [1.82, 2.24) is 0 Å². The van der Waals surface area contributed by atoms with E-state index >= 15 is 0 Å². The van der Waals surface area contributed by atoms with Crippen LogP contribution in [0.5, 0.6) is 0 Å². The minimum atomic E-state index is -0.329. The molecule has 0 rings (SSSR count). The van der Waals surface area contributed by atoms with Crippen molar-refractivity contribution in [2.75, 3.05) is 7.11 Å². The van der Waals surface area contributed by atoms with E-state index in [2.05, 4.69) is 13.0 Å². The van der Waals surface area contributed by atoms with Crippen LogP contribution in [0, 0.1) is 0 Å². The molecule has 0 aliphatic heterocycles. The minimum absolute atomic E-state index is 0.128. The van der Waals surface area contributed by atoms with E-state index in [4.69, 9.17) is 14.0 Å². The van der Waals surface area contributed by atoms with E-state index in [1.54, 1.807) is 7.11 Å². The highest BCUT2D eigenvalue weighted by Crippen LogP contribution is 2.07. The Balaban J connectivity index is 4.50. The van der Waals surface area contributed by atoms with Crippen molar-refractivity contribution in [2.24, 2.45) is 0 Å². The second kappa shape index (κ2) is 11.1.